The van der Waals surface area contributed by atoms with Crippen molar-refractivity contribution in [2.45, 2.75) is 29.9 Å². The van der Waals surface area contributed by atoms with E-state index in [0.29, 0.717) is 26.2 Å². The quantitative estimate of drug-likeness (QED) is 0.705. The number of rotatable bonds is 3. The van der Waals surface area contributed by atoms with Gasteiger partial charge < -0.3 is 14.7 Å². The van der Waals surface area contributed by atoms with Gasteiger partial charge >= 0.3 is 0 Å². The fourth-order valence-corrected chi connectivity index (χ4v) is 5.79. The number of carbonyl (C=O) groups is 2. The molecule has 0 aliphatic carbocycles. The zero-order valence-corrected chi connectivity index (χ0v) is 18.9. The molecule has 9 heteroatoms. The normalized spacial score (nSPS) is 20.0. The van der Waals surface area contributed by atoms with Gasteiger partial charge in [-0.3, -0.25) is 9.59 Å². The molecule has 0 bridgehead atoms. The monoisotopic (exact) mass is 459 g/mol. The molecule has 0 saturated carbocycles. The maximum Gasteiger partial charge on any atom is 0.242 e. The van der Waals surface area contributed by atoms with Gasteiger partial charge in [-0.25, -0.2) is 12.8 Å². The molecule has 2 aromatic rings. The van der Waals surface area contributed by atoms with Crippen LogP contribution in [0.5, 0.6) is 0 Å². The first-order valence-electron chi connectivity index (χ1n) is 10.5. The molecule has 0 radical (unpaired) electrons. The van der Waals surface area contributed by atoms with Crippen molar-refractivity contribution in [2.24, 2.45) is 0 Å². The summed E-state index contributed by atoms with van der Waals surface area (Å²) >= 11 is 0. The number of nitrogens with zero attached hydrogens (tertiary/aromatic N) is 3. The van der Waals surface area contributed by atoms with Crippen LogP contribution in [0.1, 0.15) is 20.3 Å². The molecular weight excluding hydrogens is 433 g/mol. The number of amides is 2. The van der Waals surface area contributed by atoms with Crippen LogP contribution in [0.2, 0.25) is 0 Å². The number of benzene rings is 2. The van der Waals surface area contributed by atoms with Crippen molar-refractivity contribution < 1.29 is 22.4 Å². The van der Waals surface area contributed by atoms with Gasteiger partial charge in [0.1, 0.15) is 12.4 Å². The molecule has 0 atom stereocenters. The molecule has 4 rings (SSSR count). The van der Waals surface area contributed by atoms with Gasteiger partial charge in [-0.15, -0.1) is 0 Å². The lowest BCUT2D eigenvalue weighted by atomic mass is 10.1. The molecule has 1 saturated heterocycles. The highest BCUT2D eigenvalue weighted by molar-refractivity contribution is 7.93. The third-order valence-electron chi connectivity index (χ3n) is 6.17. The highest BCUT2D eigenvalue weighted by Gasteiger charge is 2.44. The van der Waals surface area contributed by atoms with Crippen molar-refractivity contribution in [1.29, 1.82) is 0 Å². The third-order valence-corrected chi connectivity index (χ3v) is 8.69. The van der Waals surface area contributed by atoms with Gasteiger partial charge in [0.15, 0.2) is 9.84 Å². The lowest BCUT2D eigenvalue weighted by molar-refractivity contribution is -0.131. The second-order valence-electron chi connectivity index (χ2n) is 8.73. The second-order valence-corrected chi connectivity index (χ2v) is 11.3. The SMILES string of the molecule is CC1(C)CC(=O)N(CC(=O)N2CCN(c3ccc(F)cc3)CC2)c2ccccc2S1(=O)=O. The first kappa shape index (κ1) is 22.3. The molecule has 0 spiro atoms. The number of para-hydroxylation sites is 1. The van der Waals surface area contributed by atoms with E-state index in [1.807, 2.05) is 0 Å². The molecule has 2 aliphatic heterocycles. The van der Waals surface area contributed by atoms with E-state index in [2.05, 4.69) is 4.90 Å². The van der Waals surface area contributed by atoms with E-state index in [0.717, 1.165) is 5.69 Å². The van der Waals surface area contributed by atoms with E-state index in [1.54, 1.807) is 35.2 Å². The standard InChI is InChI=1S/C23H26FN3O4S/c1-23(2)15-21(28)27(19-5-3-4-6-20(19)32(23,30)31)16-22(29)26-13-11-25(12-14-26)18-9-7-17(24)8-10-18/h3-10H,11-16H2,1-2H3. The van der Waals surface area contributed by atoms with Gasteiger partial charge in [-0.1, -0.05) is 12.1 Å². The van der Waals surface area contributed by atoms with Crippen molar-refractivity contribution in [2.75, 3.05) is 42.5 Å². The minimum Gasteiger partial charge on any atom is -0.368 e. The molecule has 1 fully saturated rings. The Kier molecular flexibility index (Phi) is 5.70. The van der Waals surface area contributed by atoms with Crippen molar-refractivity contribution >= 4 is 33.0 Å². The van der Waals surface area contributed by atoms with Gasteiger partial charge in [0.25, 0.3) is 0 Å². The Hall–Kier alpha value is -2.94. The van der Waals surface area contributed by atoms with Gasteiger partial charge in [0.2, 0.25) is 11.8 Å². The largest absolute Gasteiger partial charge is 0.368 e. The summed E-state index contributed by atoms with van der Waals surface area (Å²) in [6.45, 7) is 4.96. The zero-order chi connectivity index (χ0) is 23.1. The van der Waals surface area contributed by atoms with Crippen LogP contribution in [0, 0.1) is 5.82 Å². The summed E-state index contributed by atoms with van der Waals surface area (Å²) in [7, 11) is -3.75. The fraction of sp³-hybridized carbons (Fsp3) is 0.391. The summed E-state index contributed by atoms with van der Waals surface area (Å²) in [4.78, 5) is 31.2. The van der Waals surface area contributed by atoms with E-state index >= 15 is 0 Å². The topological polar surface area (TPSA) is 78.0 Å². The zero-order valence-electron chi connectivity index (χ0n) is 18.1. The molecule has 2 aromatic carbocycles. The van der Waals surface area contributed by atoms with Crippen LogP contribution >= 0.6 is 0 Å². The summed E-state index contributed by atoms with van der Waals surface area (Å²) in [6, 6.07) is 12.6. The van der Waals surface area contributed by atoms with Gasteiger partial charge in [0, 0.05) is 38.3 Å². The lowest BCUT2D eigenvalue weighted by Crippen LogP contribution is -2.52. The number of halogens is 1. The first-order valence-corrected chi connectivity index (χ1v) is 12.0. The molecule has 32 heavy (non-hydrogen) atoms. The fourth-order valence-electron chi connectivity index (χ4n) is 4.17. The van der Waals surface area contributed by atoms with Crippen LogP contribution in [0.15, 0.2) is 53.4 Å². The Morgan fingerprint density at radius 1 is 1.00 bits per heavy atom. The summed E-state index contributed by atoms with van der Waals surface area (Å²) in [6.07, 6.45) is -0.199. The number of carbonyl (C=O) groups excluding carboxylic acids is 2. The molecule has 170 valence electrons. The smallest absolute Gasteiger partial charge is 0.242 e. The molecule has 0 aromatic heterocycles. The lowest BCUT2D eigenvalue weighted by Gasteiger charge is -2.37. The van der Waals surface area contributed by atoms with E-state index in [-0.39, 0.29) is 41.2 Å². The minimum atomic E-state index is -3.75. The summed E-state index contributed by atoms with van der Waals surface area (Å²) in [5.41, 5.74) is 1.14. The Morgan fingerprint density at radius 3 is 2.28 bits per heavy atom. The third kappa shape index (κ3) is 3.97. The van der Waals surface area contributed by atoms with Crippen LogP contribution in [0.25, 0.3) is 0 Å². The van der Waals surface area contributed by atoms with Crippen LogP contribution in [-0.4, -0.2) is 62.6 Å². The number of sulfone groups is 1. The van der Waals surface area contributed by atoms with Crippen LogP contribution in [-0.2, 0) is 19.4 Å². The van der Waals surface area contributed by atoms with E-state index in [1.165, 1.54) is 36.9 Å². The maximum absolute atomic E-state index is 13.2. The summed E-state index contributed by atoms with van der Waals surface area (Å²) in [5.74, 6) is -0.916. The second kappa shape index (κ2) is 8.20. The first-order chi connectivity index (χ1) is 15.1. The number of hydrogen-bond donors (Lipinski definition) is 0. The maximum atomic E-state index is 13.2. The number of piperazine rings is 1. The number of hydrogen-bond acceptors (Lipinski definition) is 5. The Bertz CT molecular complexity index is 1140. The molecular formula is C23H26FN3O4S. The highest BCUT2D eigenvalue weighted by Crippen LogP contribution is 2.38. The number of fused-ring (bicyclic) bond motifs is 1. The molecule has 2 aliphatic rings. The van der Waals surface area contributed by atoms with E-state index in [4.69, 9.17) is 0 Å². The van der Waals surface area contributed by atoms with Crippen molar-refractivity contribution in [3.05, 3.63) is 54.3 Å². The predicted molar refractivity (Wildman–Crippen MR) is 120 cm³/mol. The average Bonchev–Trinajstić information content (AvgIpc) is 2.82. The molecule has 0 unspecified atom stereocenters. The van der Waals surface area contributed by atoms with Gasteiger partial charge in [-0.05, 0) is 50.2 Å². The van der Waals surface area contributed by atoms with E-state index in [9.17, 15) is 22.4 Å². The Morgan fingerprint density at radius 2 is 1.62 bits per heavy atom. The van der Waals surface area contributed by atoms with Crippen LogP contribution in [0.3, 0.4) is 0 Å². The predicted octanol–water partition coefficient (Wildman–Crippen LogP) is 2.46. The van der Waals surface area contributed by atoms with E-state index < -0.39 is 14.6 Å². The van der Waals surface area contributed by atoms with Crippen molar-refractivity contribution in [3.63, 3.8) is 0 Å². The number of anilines is 2. The van der Waals surface area contributed by atoms with Crippen molar-refractivity contribution in [3.8, 4) is 0 Å². The van der Waals surface area contributed by atoms with Gasteiger partial charge in [-0.2, -0.15) is 0 Å². The molecule has 2 heterocycles. The van der Waals surface area contributed by atoms with Crippen LogP contribution in [0.4, 0.5) is 15.8 Å². The summed E-state index contributed by atoms with van der Waals surface area (Å²) in [5, 5.41) is 0. The average molecular weight is 460 g/mol. The van der Waals surface area contributed by atoms with Crippen LogP contribution < -0.4 is 9.80 Å². The minimum absolute atomic E-state index is 0.0739. The molecule has 7 nitrogen and oxygen atoms in total. The Balaban J connectivity index is 1.51. The molecule has 0 N–H and O–H groups in total. The summed E-state index contributed by atoms with van der Waals surface area (Å²) < 4.78 is 38.1. The Labute approximate surface area is 187 Å². The molecule has 2 amide bonds. The van der Waals surface area contributed by atoms with Gasteiger partial charge in [0.05, 0.1) is 15.3 Å². The highest BCUT2D eigenvalue weighted by atomic mass is 32.2. The van der Waals surface area contributed by atoms with Crippen molar-refractivity contribution in [1.82, 2.24) is 4.90 Å².